The molecule has 4 heteroatoms. The quantitative estimate of drug-likeness (QED) is 0.693. The van der Waals surface area contributed by atoms with Crippen molar-refractivity contribution in [3.63, 3.8) is 0 Å². The number of benzene rings is 2. The molecule has 0 spiro atoms. The Hall–Kier alpha value is -2.62. The van der Waals surface area contributed by atoms with Crippen molar-refractivity contribution in [1.82, 2.24) is 0 Å². The molecule has 0 heterocycles. The molecule has 22 heavy (non-hydrogen) atoms. The molecule has 0 fully saturated rings. The maximum absolute atomic E-state index is 12.2. The van der Waals surface area contributed by atoms with E-state index in [1.807, 2.05) is 19.1 Å². The first-order chi connectivity index (χ1) is 10.4. The van der Waals surface area contributed by atoms with Crippen LogP contribution in [0.5, 0.6) is 5.75 Å². The van der Waals surface area contributed by atoms with Crippen molar-refractivity contribution in [2.75, 3.05) is 0 Å². The molecule has 0 aliphatic carbocycles. The number of carbonyl (C=O) groups excluding carboxylic acids is 2. The molecule has 1 N–H and O–H groups in total. The smallest absolute Gasteiger partial charge is 0.342 e. The predicted molar refractivity (Wildman–Crippen MR) is 83.2 cm³/mol. The SMILES string of the molecule is Cc1ccc(C(=O)C(C)OC(=O)c2cccc(C)c2O)cc1. The second-order valence-corrected chi connectivity index (χ2v) is 5.25. The maximum atomic E-state index is 12.2. The second kappa shape index (κ2) is 6.43. The Morgan fingerprint density at radius 1 is 1.05 bits per heavy atom. The fourth-order valence-corrected chi connectivity index (χ4v) is 2.05. The molecule has 2 rings (SSSR count). The number of phenolic OH excluding ortho intramolecular Hbond substituents is 1. The van der Waals surface area contributed by atoms with Gasteiger partial charge in [0.15, 0.2) is 6.10 Å². The normalized spacial score (nSPS) is 11.8. The molecular weight excluding hydrogens is 280 g/mol. The number of esters is 1. The number of para-hydroxylation sites is 1. The van der Waals surface area contributed by atoms with Gasteiger partial charge >= 0.3 is 5.97 Å². The lowest BCUT2D eigenvalue weighted by molar-refractivity contribution is 0.0316. The van der Waals surface area contributed by atoms with Crippen LogP contribution in [0.15, 0.2) is 42.5 Å². The molecule has 2 aromatic rings. The van der Waals surface area contributed by atoms with Crippen LogP contribution in [0.3, 0.4) is 0 Å². The molecule has 0 aromatic heterocycles. The third-order valence-electron chi connectivity index (χ3n) is 3.45. The first-order valence-corrected chi connectivity index (χ1v) is 7.00. The van der Waals surface area contributed by atoms with Crippen molar-refractivity contribution in [2.24, 2.45) is 0 Å². The summed E-state index contributed by atoms with van der Waals surface area (Å²) in [6.45, 7) is 5.14. The highest BCUT2D eigenvalue weighted by atomic mass is 16.5. The minimum atomic E-state index is -0.921. The molecule has 1 unspecified atom stereocenters. The van der Waals surface area contributed by atoms with E-state index in [0.29, 0.717) is 11.1 Å². The summed E-state index contributed by atoms with van der Waals surface area (Å²) >= 11 is 0. The molecule has 4 nitrogen and oxygen atoms in total. The predicted octanol–water partition coefficient (Wildman–Crippen LogP) is 3.44. The van der Waals surface area contributed by atoms with E-state index in [2.05, 4.69) is 0 Å². The van der Waals surface area contributed by atoms with Crippen LogP contribution < -0.4 is 0 Å². The molecule has 0 aliphatic heterocycles. The Morgan fingerprint density at radius 3 is 2.32 bits per heavy atom. The number of hydrogen-bond acceptors (Lipinski definition) is 4. The van der Waals surface area contributed by atoms with Crippen LogP contribution in [-0.2, 0) is 4.74 Å². The topological polar surface area (TPSA) is 63.6 Å². The number of carbonyl (C=O) groups is 2. The first kappa shape index (κ1) is 15.8. The van der Waals surface area contributed by atoms with Gasteiger partial charge in [0.25, 0.3) is 0 Å². The lowest BCUT2D eigenvalue weighted by Gasteiger charge is -2.13. The fourth-order valence-electron chi connectivity index (χ4n) is 2.05. The lowest BCUT2D eigenvalue weighted by Crippen LogP contribution is -2.24. The minimum absolute atomic E-state index is 0.0588. The van der Waals surface area contributed by atoms with Gasteiger partial charge in [-0.15, -0.1) is 0 Å². The summed E-state index contributed by atoms with van der Waals surface area (Å²) in [4.78, 5) is 24.3. The summed E-state index contributed by atoms with van der Waals surface area (Å²) in [7, 11) is 0. The van der Waals surface area contributed by atoms with Gasteiger partial charge in [0, 0.05) is 5.56 Å². The van der Waals surface area contributed by atoms with Crippen molar-refractivity contribution in [3.05, 3.63) is 64.7 Å². The standard InChI is InChI=1S/C18H18O4/c1-11-7-9-14(10-8-11)17(20)13(3)22-18(21)15-6-4-5-12(2)16(15)19/h4-10,13,19H,1-3H3. The van der Waals surface area contributed by atoms with E-state index in [0.717, 1.165) is 5.56 Å². The Labute approximate surface area is 129 Å². The molecule has 114 valence electrons. The van der Waals surface area contributed by atoms with Gasteiger partial charge in [0.2, 0.25) is 5.78 Å². The maximum Gasteiger partial charge on any atom is 0.342 e. The van der Waals surface area contributed by atoms with Crippen LogP contribution in [-0.4, -0.2) is 23.0 Å². The third kappa shape index (κ3) is 3.34. The number of phenols is 1. The van der Waals surface area contributed by atoms with Gasteiger partial charge in [-0.3, -0.25) is 4.79 Å². The Morgan fingerprint density at radius 2 is 1.68 bits per heavy atom. The number of ether oxygens (including phenoxy) is 1. The molecule has 0 saturated carbocycles. The van der Waals surface area contributed by atoms with Crippen molar-refractivity contribution in [2.45, 2.75) is 26.9 Å². The highest BCUT2D eigenvalue weighted by Gasteiger charge is 2.22. The molecule has 0 aliphatic rings. The number of hydrogen-bond donors (Lipinski definition) is 1. The van der Waals surface area contributed by atoms with Crippen LogP contribution in [0.4, 0.5) is 0 Å². The zero-order chi connectivity index (χ0) is 16.3. The minimum Gasteiger partial charge on any atom is -0.507 e. The third-order valence-corrected chi connectivity index (χ3v) is 3.45. The highest BCUT2D eigenvalue weighted by Crippen LogP contribution is 2.23. The van der Waals surface area contributed by atoms with Gasteiger partial charge in [-0.1, -0.05) is 42.0 Å². The van der Waals surface area contributed by atoms with Gasteiger partial charge in [0.1, 0.15) is 11.3 Å². The summed E-state index contributed by atoms with van der Waals surface area (Å²) < 4.78 is 5.17. The van der Waals surface area contributed by atoms with E-state index >= 15 is 0 Å². The van der Waals surface area contributed by atoms with Crippen molar-refractivity contribution < 1.29 is 19.4 Å². The zero-order valence-corrected chi connectivity index (χ0v) is 12.8. The van der Waals surface area contributed by atoms with E-state index in [4.69, 9.17) is 4.74 Å². The number of aryl methyl sites for hydroxylation is 2. The molecule has 0 radical (unpaired) electrons. The lowest BCUT2D eigenvalue weighted by atomic mass is 10.1. The monoisotopic (exact) mass is 298 g/mol. The first-order valence-electron chi connectivity index (χ1n) is 7.00. The fraction of sp³-hybridized carbons (Fsp3) is 0.222. The summed E-state index contributed by atoms with van der Waals surface area (Å²) in [5.74, 6) is -1.11. The van der Waals surface area contributed by atoms with Crippen LogP contribution >= 0.6 is 0 Å². The van der Waals surface area contributed by atoms with E-state index in [1.54, 1.807) is 31.2 Å². The van der Waals surface area contributed by atoms with Crippen molar-refractivity contribution >= 4 is 11.8 Å². The molecule has 0 amide bonds. The average Bonchev–Trinajstić information content (AvgIpc) is 2.50. The largest absolute Gasteiger partial charge is 0.507 e. The summed E-state index contributed by atoms with van der Waals surface area (Å²) in [6.07, 6.45) is -0.921. The summed E-state index contributed by atoms with van der Waals surface area (Å²) in [6, 6.07) is 11.9. The Bertz CT molecular complexity index is 702. The van der Waals surface area contributed by atoms with Gasteiger partial charge in [-0.05, 0) is 32.4 Å². The highest BCUT2D eigenvalue weighted by molar-refractivity contribution is 6.01. The molecule has 0 saturated heterocycles. The van der Waals surface area contributed by atoms with Crippen molar-refractivity contribution in [1.29, 1.82) is 0 Å². The number of ketones is 1. The van der Waals surface area contributed by atoms with E-state index in [-0.39, 0.29) is 17.1 Å². The molecular formula is C18H18O4. The zero-order valence-electron chi connectivity index (χ0n) is 12.8. The van der Waals surface area contributed by atoms with Gasteiger partial charge in [-0.2, -0.15) is 0 Å². The summed E-state index contributed by atoms with van der Waals surface area (Å²) in [5.41, 5.74) is 2.17. The van der Waals surface area contributed by atoms with Crippen LogP contribution in [0.2, 0.25) is 0 Å². The van der Waals surface area contributed by atoms with E-state index < -0.39 is 12.1 Å². The second-order valence-electron chi connectivity index (χ2n) is 5.25. The van der Waals surface area contributed by atoms with Crippen LogP contribution in [0.25, 0.3) is 0 Å². The molecule has 0 bridgehead atoms. The number of aromatic hydroxyl groups is 1. The molecule has 2 aromatic carbocycles. The average molecular weight is 298 g/mol. The van der Waals surface area contributed by atoms with E-state index in [9.17, 15) is 14.7 Å². The van der Waals surface area contributed by atoms with Crippen LogP contribution in [0, 0.1) is 13.8 Å². The van der Waals surface area contributed by atoms with Crippen LogP contribution in [0.1, 0.15) is 38.8 Å². The Kier molecular flexibility index (Phi) is 4.61. The van der Waals surface area contributed by atoms with Gasteiger partial charge in [0.05, 0.1) is 0 Å². The molecule has 1 atom stereocenters. The number of rotatable bonds is 4. The summed E-state index contributed by atoms with van der Waals surface area (Å²) in [5, 5.41) is 9.88. The van der Waals surface area contributed by atoms with Gasteiger partial charge < -0.3 is 9.84 Å². The van der Waals surface area contributed by atoms with Gasteiger partial charge in [-0.25, -0.2) is 4.79 Å². The number of Topliss-reactive ketones (excluding diaryl/α,β-unsaturated/α-hetero) is 1. The van der Waals surface area contributed by atoms with E-state index in [1.165, 1.54) is 13.0 Å². The Balaban J connectivity index is 2.12. The van der Waals surface area contributed by atoms with Crippen molar-refractivity contribution in [3.8, 4) is 5.75 Å².